The zero-order chi connectivity index (χ0) is 23.5. The van der Waals surface area contributed by atoms with Gasteiger partial charge in [-0.15, -0.1) is 0 Å². The fraction of sp³-hybridized carbons (Fsp3) is 0.417. The zero-order valence-electron chi connectivity index (χ0n) is 18.9. The monoisotopic (exact) mass is 455 g/mol. The van der Waals surface area contributed by atoms with Crippen molar-refractivity contribution in [1.82, 2.24) is 4.90 Å². The summed E-state index contributed by atoms with van der Waals surface area (Å²) in [5.41, 5.74) is 2.20. The molecule has 3 N–H and O–H groups in total. The number of urea groups is 1. The Morgan fingerprint density at radius 2 is 1.82 bits per heavy atom. The molecule has 2 aromatic carbocycles. The van der Waals surface area contributed by atoms with Crippen molar-refractivity contribution < 1.29 is 28.9 Å². The first-order chi connectivity index (χ1) is 15.9. The van der Waals surface area contributed by atoms with Crippen LogP contribution >= 0.6 is 0 Å². The van der Waals surface area contributed by atoms with E-state index >= 15 is 0 Å². The van der Waals surface area contributed by atoms with E-state index in [9.17, 15) is 14.7 Å². The molecule has 4 atom stereocenters. The SMILES string of the molecule is COc1ccc(NC(=O)Nc2ccc3c(c2)[C@H]2C[C@@H](CC(=O)N(C)C)O[C@@H](CO)[C@H]2O3)cc1. The van der Waals surface area contributed by atoms with Gasteiger partial charge >= 0.3 is 6.03 Å². The molecule has 0 unspecified atom stereocenters. The predicted octanol–water partition coefficient (Wildman–Crippen LogP) is 2.81. The van der Waals surface area contributed by atoms with Gasteiger partial charge in [-0.05, 0) is 48.9 Å². The van der Waals surface area contributed by atoms with E-state index < -0.39 is 6.10 Å². The molecule has 2 aliphatic heterocycles. The van der Waals surface area contributed by atoms with Gasteiger partial charge in [-0.3, -0.25) is 4.79 Å². The molecule has 176 valence electrons. The van der Waals surface area contributed by atoms with E-state index in [0.29, 0.717) is 29.3 Å². The third kappa shape index (κ3) is 5.04. The number of aliphatic hydroxyl groups excluding tert-OH is 1. The minimum Gasteiger partial charge on any atom is -0.497 e. The lowest BCUT2D eigenvalue weighted by atomic mass is 9.84. The number of aliphatic hydroxyl groups is 1. The molecule has 0 bridgehead atoms. The Labute approximate surface area is 192 Å². The molecule has 0 radical (unpaired) electrons. The molecule has 1 saturated heterocycles. The second kappa shape index (κ2) is 9.68. The van der Waals surface area contributed by atoms with E-state index in [0.717, 1.165) is 5.56 Å². The minimum atomic E-state index is -0.522. The predicted molar refractivity (Wildman–Crippen MR) is 123 cm³/mol. The van der Waals surface area contributed by atoms with Gasteiger partial charge in [0, 0.05) is 37.0 Å². The average Bonchev–Trinajstić information content (AvgIpc) is 3.17. The fourth-order valence-electron chi connectivity index (χ4n) is 4.31. The Balaban J connectivity index is 1.46. The number of fused-ring (bicyclic) bond motifs is 3. The van der Waals surface area contributed by atoms with E-state index in [-0.39, 0.29) is 43.1 Å². The number of ether oxygens (including phenoxy) is 3. The van der Waals surface area contributed by atoms with Crippen LogP contribution in [0.4, 0.5) is 16.2 Å². The van der Waals surface area contributed by atoms with Crippen molar-refractivity contribution >= 4 is 23.3 Å². The summed E-state index contributed by atoms with van der Waals surface area (Å²) in [5.74, 6) is 1.34. The van der Waals surface area contributed by atoms with Crippen molar-refractivity contribution in [3.8, 4) is 11.5 Å². The van der Waals surface area contributed by atoms with Crippen LogP contribution in [0.25, 0.3) is 0 Å². The van der Waals surface area contributed by atoms with Crippen LogP contribution in [0.15, 0.2) is 42.5 Å². The molecular weight excluding hydrogens is 426 g/mol. The van der Waals surface area contributed by atoms with Crippen LogP contribution in [0.3, 0.4) is 0 Å². The topological polar surface area (TPSA) is 109 Å². The van der Waals surface area contributed by atoms with Gasteiger partial charge in [0.1, 0.15) is 23.7 Å². The van der Waals surface area contributed by atoms with Gasteiger partial charge in [-0.25, -0.2) is 4.79 Å². The summed E-state index contributed by atoms with van der Waals surface area (Å²) in [6.07, 6.45) is -0.340. The Kier molecular flexibility index (Phi) is 6.71. The third-order valence-corrected chi connectivity index (χ3v) is 6.01. The molecule has 0 spiro atoms. The van der Waals surface area contributed by atoms with E-state index in [2.05, 4.69) is 10.6 Å². The molecule has 9 heteroatoms. The van der Waals surface area contributed by atoms with Crippen LogP contribution in [-0.4, -0.2) is 68.1 Å². The largest absolute Gasteiger partial charge is 0.497 e. The lowest BCUT2D eigenvalue weighted by Crippen LogP contribution is -2.47. The van der Waals surface area contributed by atoms with Crippen molar-refractivity contribution in [1.29, 1.82) is 0 Å². The van der Waals surface area contributed by atoms with Crippen LogP contribution < -0.4 is 20.1 Å². The van der Waals surface area contributed by atoms with Crippen LogP contribution in [0, 0.1) is 0 Å². The molecule has 0 aliphatic carbocycles. The summed E-state index contributed by atoms with van der Waals surface area (Å²) in [7, 11) is 5.00. The maximum Gasteiger partial charge on any atom is 0.323 e. The van der Waals surface area contributed by atoms with Crippen molar-refractivity contribution in [3.63, 3.8) is 0 Å². The molecule has 2 aliphatic rings. The number of carbonyl (C=O) groups is 2. The number of carbonyl (C=O) groups excluding carboxylic acids is 2. The van der Waals surface area contributed by atoms with Crippen LogP contribution in [0.5, 0.6) is 11.5 Å². The first-order valence-corrected chi connectivity index (χ1v) is 10.9. The highest BCUT2D eigenvalue weighted by Gasteiger charge is 2.46. The number of hydrogen-bond donors (Lipinski definition) is 3. The van der Waals surface area contributed by atoms with Crippen LogP contribution in [0.2, 0.25) is 0 Å². The van der Waals surface area contributed by atoms with Gasteiger partial charge in [-0.2, -0.15) is 0 Å². The fourth-order valence-corrected chi connectivity index (χ4v) is 4.31. The number of amides is 3. The molecule has 4 rings (SSSR count). The molecule has 1 fully saturated rings. The molecular formula is C24H29N3O6. The lowest BCUT2D eigenvalue weighted by molar-refractivity contribution is -0.147. The van der Waals surface area contributed by atoms with Crippen molar-refractivity contribution in [2.75, 3.05) is 38.4 Å². The Morgan fingerprint density at radius 3 is 2.48 bits per heavy atom. The normalized spacial score (nSPS) is 23.0. The average molecular weight is 456 g/mol. The highest BCUT2D eigenvalue weighted by Crippen LogP contribution is 2.47. The summed E-state index contributed by atoms with van der Waals surface area (Å²) < 4.78 is 17.2. The Bertz CT molecular complexity index is 1010. The maximum atomic E-state index is 12.5. The Morgan fingerprint density at radius 1 is 1.12 bits per heavy atom. The third-order valence-electron chi connectivity index (χ3n) is 6.01. The van der Waals surface area contributed by atoms with E-state index in [1.54, 1.807) is 51.5 Å². The van der Waals surface area contributed by atoms with E-state index in [1.165, 1.54) is 4.90 Å². The molecule has 33 heavy (non-hydrogen) atoms. The van der Waals surface area contributed by atoms with Crippen molar-refractivity contribution in [2.24, 2.45) is 0 Å². The number of benzene rings is 2. The molecule has 9 nitrogen and oxygen atoms in total. The minimum absolute atomic E-state index is 0.0279. The van der Waals surface area contributed by atoms with Gasteiger partial charge < -0.3 is 34.9 Å². The lowest BCUT2D eigenvalue weighted by Gasteiger charge is -2.37. The molecule has 0 saturated carbocycles. The highest BCUT2D eigenvalue weighted by atomic mass is 16.6. The van der Waals surface area contributed by atoms with Crippen LogP contribution in [0.1, 0.15) is 24.3 Å². The number of methoxy groups -OCH3 is 1. The van der Waals surface area contributed by atoms with Gasteiger partial charge in [-0.1, -0.05) is 0 Å². The molecule has 2 aromatic rings. The number of rotatable bonds is 6. The highest BCUT2D eigenvalue weighted by molar-refractivity contribution is 5.99. The summed E-state index contributed by atoms with van der Waals surface area (Å²) in [5, 5.41) is 15.5. The Hall–Kier alpha value is -3.30. The van der Waals surface area contributed by atoms with Crippen LogP contribution in [-0.2, 0) is 9.53 Å². The number of anilines is 2. The second-order valence-corrected chi connectivity index (χ2v) is 8.46. The van der Waals surface area contributed by atoms with Gasteiger partial charge in [0.05, 0.1) is 26.2 Å². The molecule has 3 amide bonds. The number of nitrogens with one attached hydrogen (secondary N) is 2. The van der Waals surface area contributed by atoms with Gasteiger partial charge in [0.15, 0.2) is 0 Å². The van der Waals surface area contributed by atoms with Crippen molar-refractivity contribution in [2.45, 2.75) is 37.1 Å². The zero-order valence-corrected chi connectivity index (χ0v) is 18.9. The first kappa shape index (κ1) is 22.9. The first-order valence-electron chi connectivity index (χ1n) is 10.9. The summed E-state index contributed by atoms with van der Waals surface area (Å²) >= 11 is 0. The summed E-state index contributed by atoms with van der Waals surface area (Å²) in [6.45, 7) is -0.197. The number of hydrogen-bond acceptors (Lipinski definition) is 6. The van der Waals surface area contributed by atoms with Gasteiger partial charge in [0.25, 0.3) is 0 Å². The van der Waals surface area contributed by atoms with Gasteiger partial charge in [0.2, 0.25) is 5.91 Å². The van der Waals surface area contributed by atoms with E-state index in [4.69, 9.17) is 14.2 Å². The van der Waals surface area contributed by atoms with Crippen molar-refractivity contribution in [3.05, 3.63) is 48.0 Å². The molecule has 2 heterocycles. The summed E-state index contributed by atoms with van der Waals surface area (Å²) in [4.78, 5) is 26.2. The van der Waals surface area contributed by atoms with E-state index in [1.807, 2.05) is 12.1 Å². The second-order valence-electron chi connectivity index (χ2n) is 8.46. The summed E-state index contributed by atoms with van der Waals surface area (Å²) in [6, 6.07) is 12.1. The smallest absolute Gasteiger partial charge is 0.323 e. The standard InChI is InChI=1S/C24H29N3O6/c1-27(2)22(29)12-17-11-19-18-10-15(6-9-20(18)33-23(19)21(13-28)32-17)26-24(30)25-14-4-7-16(31-3)8-5-14/h4-10,17,19,21,23,28H,11-13H2,1-3H3,(H2,25,26,30)/t17-,19+,21-,23-/m0/s1. The maximum absolute atomic E-state index is 12.5. The number of nitrogens with zero attached hydrogens (tertiary/aromatic N) is 1. The quantitative estimate of drug-likeness (QED) is 0.618. The molecule has 0 aromatic heterocycles.